The lowest BCUT2D eigenvalue weighted by molar-refractivity contribution is 0.102. The van der Waals surface area contributed by atoms with Gasteiger partial charge in [0, 0.05) is 31.2 Å². The van der Waals surface area contributed by atoms with Gasteiger partial charge in [0.05, 0.1) is 11.8 Å². The average Bonchev–Trinajstić information content (AvgIpc) is 2.60. The fourth-order valence-electron chi connectivity index (χ4n) is 2.97. The van der Waals surface area contributed by atoms with E-state index in [4.69, 9.17) is 0 Å². The molecule has 1 aromatic heterocycles. The molecule has 0 bridgehead atoms. The van der Waals surface area contributed by atoms with E-state index in [0.29, 0.717) is 18.5 Å². The van der Waals surface area contributed by atoms with Crippen molar-refractivity contribution in [2.24, 2.45) is 0 Å². The molecule has 0 fully saturated rings. The number of sulfonamides is 1. The van der Waals surface area contributed by atoms with Crippen molar-refractivity contribution in [3.63, 3.8) is 0 Å². The molecule has 1 aliphatic rings. The fraction of sp³-hybridized carbons (Fsp3) is 0.333. The lowest BCUT2D eigenvalue weighted by Crippen LogP contribution is -2.36. The molecule has 0 unspecified atom stereocenters. The summed E-state index contributed by atoms with van der Waals surface area (Å²) in [7, 11) is -3.25. The van der Waals surface area contributed by atoms with E-state index >= 15 is 0 Å². The van der Waals surface area contributed by atoms with Gasteiger partial charge in [0.25, 0.3) is 5.91 Å². The van der Waals surface area contributed by atoms with Crippen molar-refractivity contribution in [2.75, 3.05) is 18.1 Å². The highest BCUT2D eigenvalue weighted by Gasteiger charge is 2.26. The molecule has 7 heteroatoms. The van der Waals surface area contributed by atoms with Crippen molar-refractivity contribution >= 4 is 21.6 Å². The van der Waals surface area contributed by atoms with Crippen LogP contribution in [-0.2, 0) is 29.4 Å². The maximum atomic E-state index is 12.6. The van der Waals surface area contributed by atoms with E-state index in [1.165, 1.54) is 16.1 Å². The average molecular weight is 359 g/mol. The molecular weight excluding hydrogens is 338 g/mol. The number of hydrogen-bond donors (Lipinski definition) is 1. The minimum absolute atomic E-state index is 0.221. The van der Waals surface area contributed by atoms with Crippen molar-refractivity contribution in [3.8, 4) is 0 Å². The van der Waals surface area contributed by atoms with Gasteiger partial charge in [-0.15, -0.1) is 0 Å². The zero-order valence-corrected chi connectivity index (χ0v) is 15.1. The van der Waals surface area contributed by atoms with Gasteiger partial charge >= 0.3 is 0 Å². The van der Waals surface area contributed by atoms with Crippen LogP contribution in [0.5, 0.6) is 0 Å². The van der Waals surface area contributed by atoms with E-state index < -0.39 is 10.0 Å². The molecule has 0 radical (unpaired) electrons. The van der Waals surface area contributed by atoms with Gasteiger partial charge in [-0.1, -0.05) is 19.1 Å². The largest absolute Gasteiger partial charge is 0.322 e. The smallest absolute Gasteiger partial charge is 0.257 e. The van der Waals surface area contributed by atoms with Crippen LogP contribution in [0.25, 0.3) is 0 Å². The van der Waals surface area contributed by atoms with Crippen LogP contribution in [0, 0.1) is 0 Å². The van der Waals surface area contributed by atoms with Crippen LogP contribution in [0.1, 0.15) is 34.0 Å². The molecule has 0 atom stereocenters. The number of carbonyl (C=O) groups excluding carboxylic acids is 1. The fourth-order valence-corrected chi connectivity index (χ4v) is 3.77. The molecule has 6 nitrogen and oxygen atoms in total. The third kappa shape index (κ3) is 3.88. The van der Waals surface area contributed by atoms with E-state index in [1.807, 2.05) is 24.3 Å². The first-order valence-electron chi connectivity index (χ1n) is 8.19. The summed E-state index contributed by atoms with van der Waals surface area (Å²) >= 11 is 0. The highest BCUT2D eigenvalue weighted by atomic mass is 32.2. The van der Waals surface area contributed by atoms with Crippen molar-refractivity contribution in [3.05, 3.63) is 58.9 Å². The lowest BCUT2D eigenvalue weighted by Gasteiger charge is -2.27. The van der Waals surface area contributed by atoms with Crippen LogP contribution >= 0.6 is 0 Å². The maximum absolute atomic E-state index is 12.6. The molecule has 0 saturated heterocycles. The summed E-state index contributed by atoms with van der Waals surface area (Å²) < 4.78 is 24.9. The number of hydrogen-bond acceptors (Lipinski definition) is 4. The number of amides is 1. The van der Waals surface area contributed by atoms with Gasteiger partial charge in [0.2, 0.25) is 10.0 Å². The second-order valence-electron chi connectivity index (χ2n) is 6.18. The van der Waals surface area contributed by atoms with E-state index in [2.05, 4.69) is 17.2 Å². The zero-order valence-electron chi connectivity index (χ0n) is 14.3. The SMILES string of the molecule is CCc1ccc(NC(=O)c2cncc3c2CCN(S(C)(=O)=O)C3)cc1. The number of nitrogens with one attached hydrogen (secondary N) is 1. The maximum Gasteiger partial charge on any atom is 0.257 e. The Kier molecular flexibility index (Phi) is 4.87. The van der Waals surface area contributed by atoms with Crippen molar-refractivity contribution < 1.29 is 13.2 Å². The summed E-state index contributed by atoms with van der Waals surface area (Å²) in [6.07, 6.45) is 5.83. The van der Waals surface area contributed by atoms with Gasteiger partial charge in [-0.05, 0) is 41.7 Å². The first-order valence-corrected chi connectivity index (χ1v) is 10.0. The van der Waals surface area contributed by atoms with Crippen molar-refractivity contribution in [2.45, 2.75) is 26.3 Å². The molecule has 0 spiro atoms. The topological polar surface area (TPSA) is 79.4 Å². The summed E-state index contributed by atoms with van der Waals surface area (Å²) in [5.74, 6) is -0.221. The molecule has 2 aromatic rings. The number of pyridine rings is 1. The highest BCUT2D eigenvalue weighted by Crippen LogP contribution is 2.24. The number of fused-ring (bicyclic) bond motifs is 1. The van der Waals surface area contributed by atoms with Crippen LogP contribution < -0.4 is 5.32 Å². The van der Waals surface area contributed by atoms with Crippen LogP contribution in [0.15, 0.2) is 36.7 Å². The van der Waals surface area contributed by atoms with Crippen LogP contribution in [0.3, 0.4) is 0 Å². The standard InChI is InChI=1S/C18H21N3O3S/c1-3-13-4-6-15(7-5-13)20-18(22)17-11-19-10-14-12-21(25(2,23)24)9-8-16(14)17/h4-7,10-11H,3,8-9,12H2,1-2H3,(H,20,22). The zero-order chi connectivity index (χ0) is 18.0. The molecule has 132 valence electrons. The van der Waals surface area contributed by atoms with Gasteiger partial charge in [-0.25, -0.2) is 8.42 Å². The summed E-state index contributed by atoms with van der Waals surface area (Å²) in [5, 5.41) is 2.89. The van der Waals surface area contributed by atoms with Crippen LogP contribution in [-0.4, -0.2) is 36.4 Å². The van der Waals surface area contributed by atoms with Gasteiger partial charge in [0.15, 0.2) is 0 Å². The molecule has 2 heterocycles. The quantitative estimate of drug-likeness (QED) is 0.908. The van der Waals surface area contributed by atoms with Gasteiger partial charge in [-0.3, -0.25) is 9.78 Å². The van der Waals surface area contributed by atoms with E-state index in [0.717, 1.165) is 23.2 Å². The van der Waals surface area contributed by atoms with E-state index in [9.17, 15) is 13.2 Å². The summed E-state index contributed by atoms with van der Waals surface area (Å²) in [4.78, 5) is 16.8. The Morgan fingerprint density at radius 2 is 1.96 bits per heavy atom. The number of nitrogens with zero attached hydrogens (tertiary/aromatic N) is 2. The van der Waals surface area contributed by atoms with Gasteiger partial charge < -0.3 is 5.32 Å². The molecule has 0 aliphatic carbocycles. The monoisotopic (exact) mass is 359 g/mol. The number of aryl methyl sites for hydroxylation is 1. The molecule has 3 rings (SSSR count). The van der Waals surface area contributed by atoms with Crippen molar-refractivity contribution in [1.29, 1.82) is 0 Å². The Balaban J connectivity index is 1.82. The predicted molar refractivity (Wildman–Crippen MR) is 97.0 cm³/mol. The van der Waals surface area contributed by atoms with Crippen LogP contribution in [0.4, 0.5) is 5.69 Å². The third-order valence-corrected chi connectivity index (χ3v) is 5.69. The predicted octanol–water partition coefficient (Wildman–Crippen LogP) is 2.21. The van der Waals surface area contributed by atoms with Crippen molar-refractivity contribution in [1.82, 2.24) is 9.29 Å². The first-order chi connectivity index (χ1) is 11.9. The Morgan fingerprint density at radius 1 is 1.24 bits per heavy atom. The number of carbonyl (C=O) groups is 1. The molecule has 1 aliphatic heterocycles. The minimum Gasteiger partial charge on any atom is -0.322 e. The Hall–Kier alpha value is -2.25. The number of rotatable bonds is 4. The molecule has 0 saturated carbocycles. The summed E-state index contributed by atoms with van der Waals surface area (Å²) in [6, 6.07) is 7.73. The van der Waals surface area contributed by atoms with Crippen LogP contribution in [0.2, 0.25) is 0 Å². The summed E-state index contributed by atoms with van der Waals surface area (Å²) in [5.41, 5.74) is 4.10. The molecule has 1 aromatic carbocycles. The highest BCUT2D eigenvalue weighted by molar-refractivity contribution is 7.88. The third-order valence-electron chi connectivity index (χ3n) is 4.44. The number of benzene rings is 1. The molecule has 25 heavy (non-hydrogen) atoms. The number of aromatic nitrogens is 1. The Labute approximate surface area is 147 Å². The molecule has 1 N–H and O–H groups in total. The molecule has 1 amide bonds. The normalized spacial score (nSPS) is 14.8. The van der Waals surface area contributed by atoms with E-state index in [1.54, 1.807) is 12.4 Å². The second kappa shape index (κ2) is 6.93. The Morgan fingerprint density at radius 3 is 2.60 bits per heavy atom. The van der Waals surface area contributed by atoms with E-state index in [-0.39, 0.29) is 12.5 Å². The summed E-state index contributed by atoms with van der Waals surface area (Å²) in [6.45, 7) is 2.71. The first kappa shape index (κ1) is 17.6. The minimum atomic E-state index is -3.25. The lowest BCUT2D eigenvalue weighted by atomic mass is 9.98. The number of anilines is 1. The Bertz CT molecular complexity index is 892. The second-order valence-corrected chi connectivity index (χ2v) is 8.16. The van der Waals surface area contributed by atoms with Gasteiger partial charge in [-0.2, -0.15) is 4.31 Å². The van der Waals surface area contributed by atoms with Gasteiger partial charge in [0.1, 0.15) is 0 Å². The molecular formula is C18H21N3O3S.